The molecule has 1 aromatic carbocycles. The maximum absolute atomic E-state index is 13.0. The van der Waals surface area contributed by atoms with Crippen LogP contribution in [0.3, 0.4) is 0 Å². The molecular weight excluding hydrogens is 406 g/mol. The second-order valence-corrected chi connectivity index (χ2v) is 7.68. The zero-order valence-electron chi connectivity index (χ0n) is 17.6. The molecule has 160 valence electrons. The summed E-state index contributed by atoms with van der Waals surface area (Å²) in [4.78, 5) is 26.4. The molecule has 0 unspecified atom stereocenters. The van der Waals surface area contributed by atoms with Crippen LogP contribution >= 0.6 is 0 Å². The van der Waals surface area contributed by atoms with Gasteiger partial charge in [-0.1, -0.05) is 18.2 Å². The van der Waals surface area contributed by atoms with Crippen LogP contribution in [0.2, 0.25) is 0 Å². The van der Waals surface area contributed by atoms with Gasteiger partial charge in [0.2, 0.25) is 5.95 Å². The zero-order chi connectivity index (χ0) is 22.9. The van der Waals surface area contributed by atoms with Gasteiger partial charge in [-0.3, -0.25) is 4.79 Å². The molecule has 2 N–H and O–H groups in total. The summed E-state index contributed by atoms with van der Waals surface area (Å²) < 4.78 is 3.05. The lowest BCUT2D eigenvalue weighted by Crippen LogP contribution is -2.23. The van der Waals surface area contributed by atoms with E-state index in [-0.39, 0.29) is 18.1 Å². The van der Waals surface area contributed by atoms with Gasteiger partial charge in [-0.2, -0.15) is 10.2 Å². The molecular formula is C23H21N7O2. The number of aliphatic hydroxyl groups is 1. The highest BCUT2D eigenvalue weighted by molar-refractivity contribution is 5.77. The fourth-order valence-electron chi connectivity index (χ4n) is 3.29. The Balaban J connectivity index is 1.90. The van der Waals surface area contributed by atoms with Gasteiger partial charge in [-0.05, 0) is 44.2 Å². The van der Waals surface area contributed by atoms with Crippen molar-refractivity contribution in [3.05, 3.63) is 82.9 Å². The Kier molecular flexibility index (Phi) is 5.30. The smallest absolute Gasteiger partial charge is 0.278 e. The maximum Gasteiger partial charge on any atom is 0.278 e. The van der Waals surface area contributed by atoms with Crippen molar-refractivity contribution < 1.29 is 5.11 Å². The number of fused-ring (bicyclic) bond motifs is 1. The van der Waals surface area contributed by atoms with Crippen LogP contribution in [0.4, 0.5) is 11.6 Å². The van der Waals surface area contributed by atoms with Crippen LogP contribution < -0.4 is 10.9 Å². The SMILES string of the molecule is C=CCn1c(=O)c2cnc(Nc3cccc(C#N)c3)nc2n1-c1cccc(C(C)(C)O)n1. The monoisotopic (exact) mass is 427 g/mol. The number of benzene rings is 1. The number of rotatable bonds is 6. The average Bonchev–Trinajstić information content (AvgIpc) is 3.05. The van der Waals surface area contributed by atoms with E-state index in [2.05, 4.69) is 32.9 Å². The highest BCUT2D eigenvalue weighted by Crippen LogP contribution is 2.22. The van der Waals surface area contributed by atoms with Crippen LogP contribution in [0, 0.1) is 11.3 Å². The first-order chi connectivity index (χ1) is 15.3. The number of aromatic nitrogens is 5. The number of pyridine rings is 1. The third-order valence-corrected chi connectivity index (χ3v) is 4.80. The Labute approximate surface area is 183 Å². The number of allylic oxidation sites excluding steroid dienone is 1. The van der Waals surface area contributed by atoms with Gasteiger partial charge in [-0.15, -0.1) is 6.58 Å². The van der Waals surface area contributed by atoms with E-state index in [0.29, 0.717) is 33.8 Å². The molecule has 0 saturated carbocycles. The summed E-state index contributed by atoms with van der Waals surface area (Å²) >= 11 is 0. The van der Waals surface area contributed by atoms with Crippen molar-refractivity contribution in [2.24, 2.45) is 0 Å². The minimum absolute atomic E-state index is 0.233. The predicted molar refractivity (Wildman–Crippen MR) is 121 cm³/mol. The van der Waals surface area contributed by atoms with E-state index >= 15 is 0 Å². The van der Waals surface area contributed by atoms with Gasteiger partial charge in [0.1, 0.15) is 11.0 Å². The molecule has 0 radical (unpaired) electrons. The molecule has 0 aliphatic rings. The second-order valence-electron chi connectivity index (χ2n) is 7.68. The fourth-order valence-corrected chi connectivity index (χ4v) is 3.29. The summed E-state index contributed by atoms with van der Waals surface area (Å²) in [6, 6.07) is 14.2. The Bertz CT molecular complexity index is 1420. The van der Waals surface area contributed by atoms with Crippen LogP contribution in [0.5, 0.6) is 0 Å². The molecule has 0 fully saturated rings. The predicted octanol–water partition coefficient (Wildman–Crippen LogP) is 3.01. The van der Waals surface area contributed by atoms with E-state index in [0.717, 1.165) is 0 Å². The summed E-state index contributed by atoms with van der Waals surface area (Å²) in [5.41, 5.74) is 0.508. The lowest BCUT2D eigenvalue weighted by atomic mass is 10.1. The van der Waals surface area contributed by atoms with E-state index in [1.165, 1.54) is 10.9 Å². The molecule has 0 atom stereocenters. The summed E-state index contributed by atoms with van der Waals surface area (Å²) in [5.74, 6) is 0.686. The molecule has 0 aliphatic heterocycles. The third-order valence-electron chi connectivity index (χ3n) is 4.80. The highest BCUT2D eigenvalue weighted by atomic mass is 16.3. The molecule has 9 heteroatoms. The van der Waals surface area contributed by atoms with Crippen molar-refractivity contribution in [1.82, 2.24) is 24.3 Å². The lowest BCUT2D eigenvalue weighted by Gasteiger charge is -2.18. The maximum atomic E-state index is 13.0. The zero-order valence-corrected chi connectivity index (χ0v) is 17.6. The van der Waals surface area contributed by atoms with Gasteiger partial charge in [0.25, 0.3) is 5.56 Å². The Hall–Kier alpha value is -4.29. The fraction of sp³-hybridized carbons (Fsp3) is 0.174. The molecule has 4 aromatic rings. The normalized spacial score (nSPS) is 11.3. The summed E-state index contributed by atoms with van der Waals surface area (Å²) in [5, 5.41) is 22.9. The highest BCUT2D eigenvalue weighted by Gasteiger charge is 2.21. The molecule has 0 saturated heterocycles. The van der Waals surface area contributed by atoms with Gasteiger partial charge in [0, 0.05) is 11.9 Å². The quantitative estimate of drug-likeness (QED) is 0.454. The second kappa shape index (κ2) is 8.09. The Morgan fingerprint density at radius 3 is 2.75 bits per heavy atom. The number of anilines is 2. The molecule has 0 bridgehead atoms. The van der Waals surface area contributed by atoms with Crippen molar-refractivity contribution in [2.75, 3.05) is 5.32 Å². The Morgan fingerprint density at radius 2 is 2.03 bits per heavy atom. The molecule has 3 heterocycles. The van der Waals surface area contributed by atoms with E-state index < -0.39 is 5.60 Å². The van der Waals surface area contributed by atoms with E-state index in [4.69, 9.17) is 5.26 Å². The van der Waals surface area contributed by atoms with Gasteiger partial charge in [0.15, 0.2) is 11.5 Å². The van der Waals surface area contributed by atoms with Crippen molar-refractivity contribution >= 4 is 22.7 Å². The average molecular weight is 427 g/mol. The largest absolute Gasteiger partial charge is 0.384 e. The van der Waals surface area contributed by atoms with Crippen LogP contribution in [0.25, 0.3) is 16.9 Å². The van der Waals surface area contributed by atoms with E-state index in [1.807, 2.05) is 0 Å². The molecule has 9 nitrogen and oxygen atoms in total. The van der Waals surface area contributed by atoms with Gasteiger partial charge < -0.3 is 10.4 Å². The standard InChI is InChI=1S/C23H21N7O2/c1-4-11-29-21(31)17-14-25-22(26-16-8-5-7-15(12-16)13-24)28-20(17)30(29)19-10-6-9-18(27-19)23(2,3)32/h4-10,12,14,32H,1,11H2,2-3H3,(H,25,26,28). The first kappa shape index (κ1) is 21.0. The third kappa shape index (κ3) is 3.87. The van der Waals surface area contributed by atoms with Gasteiger partial charge in [-0.25, -0.2) is 19.3 Å². The minimum Gasteiger partial charge on any atom is -0.384 e. The molecule has 4 rings (SSSR count). The van der Waals surface area contributed by atoms with E-state index in [9.17, 15) is 9.90 Å². The van der Waals surface area contributed by atoms with Crippen molar-refractivity contribution in [2.45, 2.75) is 26.0 Å². The van der Waals surface area contributed by atoms with Crippen LogP contribution in [0.15, 0.2) is 66.1 Å². The van der Waals surface area contributed by atoms with Crippen molar-refractivity contribution in [3.8, 4) is 11.9 Å². The van der Waals surface area contributed by atoms with Crippen LogP contribution in [0.1, 0.15) is 25.1 Å². The number of nitrogens with one attached hydrogen (secondary N) is 1. The topological polar surface area (TPSA) is 122 Å². The molecule has 3 aromatic heterocycles. The molecule has 0 amide bonds. The van der Waals surface area contributed by atoms with Crippen LogP contribution in [-0.2, 0) is 12.1 Å². The molecule has 32 heavy (non-hydrogen) atoms. The molecule has 0 spiro atoms. The van der Waals surface area contributed by atoms with Crippen LogP contribution in [-0.4, -0.2) is 29.4 Å². The number of hydrogen-bond donors (Lipinski definition) is 2. The first-order valence-electron chi connectivity index (χ1n) is 9.89. The summed E-state index contributed by atoms with van der Waals surface area (Å²) in [6.45, 7) is 7.26. The van der Waals surface area contributed by atoms with Gasteiger partial charge in [0.05, 0.1) is 23.9 Å². The summed E-state index contributed by atoms with van der Waals surface area (Å²) in [7, 11) is 0. The first-order valence-corrected chi connectivity index (χ1v) is 9.89. The minimum atomic E-state index is -1.16. The molecule has 0 aliphatic carbocycles. The number of nitrogens with zero attached hydrogens (tertiary/aromatic N) is 6. The number of hydrogen-bond acceptors (Lipinski definition) is 7. The van der Waals surface area contributed by atoms with Crippen molar-refractivity contribution in [3.63, 3.8) is 0 Å². The summed E-state index contributed by atoms with van der Waals surface area (Å²) in [6.07, 6.45) is 3.06. The lowest BCUT2D eigenvalue weighted by molar-refractivity contribution is 0.0738. The van der Waals surface area contributed by atoms with Gasteiger partial charge >= 0.3 is 0 Å². The Morgan fingerprint density at radius 1 is 1.25 bits per heavy atom. The van der Waals surface area contributed by atoms with E-state index in [1.54, 1.807) is 67.1 Å². The number of nitriles is 1. The van der Waals surface area contributed by atoms with Crippen molar-refractivity contribution in [1.29, 1.82) is 5.26 Å².